The molecule has 1 aromatic rings. The summed E-state index contributed by atoms with van der Waals surface area (Å²) >= 11 is 8.12. The van der Waals surface area contributed by atoms with Crippen molar-refractivity contribution in [3.8, 4) is 5.75 Å². The topological polar surface area (TPSA) is 49.8 Å². The van der Waals surface area contributed by atoms with Gasteiger partial charge in [-0.3, -0.25) is 4.79 Å². The lowest BCUT2D eigenvalue weighted by atomic mass is 10.1. The molecule has 0 bridgehead atoms. The lowest BCUT2D eigenvalue weighted by Crippen LogP contribution is -2.39. The van der Waals surface area contributed by atoms with Crippen molar-refractivity contribution < 1.29 is 14.6 Å². The van der Waals surface area contributed by atoms with Crippen LogP contribution in [-0.4, -0.2) is 42.2 Å². The molecule has 6 heteroatoms. The first-order valence-corrected chi connectivity index (χ1v) is 7.12. The average molecular weight is 398 g/mol. The summed E-state index contributed by atoms with van der Waals surface area (Å²) in [6.07, 6.45) is 0. The number of amides is 1. The third-order valence-corrected chi connectivity index (χ3v) is 3.97. The van der Waals surface area contributed by atoms with E-state index in [2.05, 4.69) is 22.6 Å². The summed E-state index contributed by atoms with van der Waals surface area (Å²) in [7, 11) is 3.14. The third-order valence-electron chi connectivity index (χ3n) is 2.44. The van der Waals surface area contributed by atoms with Gasteiger partial charge in [-0.1, -0.05) is 11.6 Å². The number of methoxy groups -OCH3 is 1. The van der Waals surface area contributed by atoms with Gasteiger partial charge in [0.1, 0.15) is 5.75 Å². The minimum atomic E-state index is -0.954. The van der Waals surface area contributed by atoms with Crippen LogP contribution in [0.4, 0.5) is 0 Å². The molecule has 1 aromatic carbocycles. The molecule has 0 radical (unpaired) electrons. The van der Waals surface area contributed by atoms with Crippen LogP contribution < -0.4 is 4.74 Å². The van der Waals surface area contributed by atoms with Gasteiger partial charge in [0.05, 0.1) is 23.3 Å². The molecule has 0 saturated carbocycles. The summed E-state index contributed by atoms with van der Waals surface area (Å²) in [5.74, 6) is 0.235. The minimum absolute atomic E-state index is 0.221. The molecule has 0 atom stereocenters. The number of carbonyl (C=O) groups excluding carboxylic acids is 1. The fourth-order valence-corrected chi connectivity index (χ4v) is 2.32. The van der Waals surface area contributed by atoms with E-state index in [1.54, 1.807) is 33.0 Å². The Morgan fingerprint density at radius 3 is 2.58 bits per heavy atom. The highest BCUT2D eigenvalue weighted by molar-refractivity contribution is 14.1. The maximum absolute atomic E-state index is 12.3. The predicted molar refractivity (Wildman–Crippen MR) is 84.0 cm³/mol. The SMILES string of the molecule is COc1cc(I)c(Cl)cc1C(=O)N(C)CC(C)(C)O. The van der Waals surface area contributed by atoms with E-state index in [4.69, 9.17) is 16.3 Å². The Balaban J connectivity index is 3.08. The van der Waals surface area contributed by atoms with Crippen molar-refractivity contribution >= 4 is 40.1 Å². The molecule has 0 aliphatic carbocycles. The van der Waals surface area contributed by atoms with Crippen LogP contribution in [0.3, 0.4) is 0 Å². The molecule has 1 N–H and O–H groups in total. The first-order chi connectivity index (χ1) is 8.65. The zero-order valence-electron chi connectivity index (χ0n) is 11.3. The van der Waals surface area contributed by atoms with E-state index in [1.807, 2.05) is 0 Å². The van der Waals surface area contributed by atoms with E-state index in [-0.39, 0.29) is 12.5 Å². The van der Waals surface area contributed by atoms with E-state index in [0.717, 1.165) is 3.57 Å². The van der Waals surface area contributed by atoms with Crippen molar-refractivity contribution in [3.63, 3.8) is 0 Å². The number of benzene rings is 1. The minimum Gasteiger partial charge on any atom is -0.496 e. The quantitative estimate of drug-likeness (QED) is 0.795. The van der Waals surface area contributed by atoms with Gasteiger partial charge in [0.2, 0.25) is 0 Å². The van der Waals surface area contributed by atoms with Gasteiger partial charge in [-0.2, -0.15) is 0 Å². The normalized spacial score (nSPS) is 11.3. The summed E-state index contributed by atoms with van der Waals surface area (Å²) in [5, 5.41) is 10.3. The van der Waals surface area contributed by atoms with Crippen LogP contribution in [0.2, 0.25) is 5.02 Å². The van der Waals surface area contributed by atoms with Crippen molar-refractivity contribution in [1.29, 1.82) is 0 Å². The van der Waals surface area contributed by atoms with Crippen LogP contribution in [0, 0.1) is 3.57 Å². The lowest BCUT2D eigenvalue weighted by molar-refractivity contribution is 0.0366. The van der Waals surface area contributed by atoms with E-state index in [1.165, 1.54) is 12.0 Å². The molecule has 1 rings (SSSR count). The predicted octanol–water partition coefficient (Wildman–Crippen LogP) is 2.80. The molecule has 0 unspecified atom stereocenters. The number of nitrogens with zero attached hydrogens (tertiary/aromatic N) is 1. The Morgan fingerprint density at radius 1 is 1.53 bits per heavy atom. The lowest BCUT2D eigenvalue weighted by Gasteiger charge is -2.26. The Kier molecular flexibility index (Phi) is 5.46. The molecule has 1 amide bonds. The Labute approximate surface area is 131 Å². The average Bonchev–Trinajstić information content (AvgIpc) is 2.28. The van der Waals surface area contributed by atoms with Gasteiger partial charge in [0.25, 0.3) is 5.91 Å². The Morgan fingerprint density at radius 2 is 2.11 bits per heavy atom. The Bertz CT molecular complexity index is 486. The van der Waals surface area contributed by atoms with Crippen LogP contribution in [0.5, 0.6) is 5.75 Å². The van der Waals surface area contributed by atoms with Gasteiger partial charge in [-0.15, -0.1) is 0 Å². The summed E-state index contributed by atoms with van der Waals surface area (Å²) in [4.78, 5) is 13.8. The second kappa shape index (κ2) is 6.28. The van der Waals surface area contributed by atoms with Gasteiger partial charge in [0, 0.05) is 17.2 Å². The molecule has 4 nitrogen and oxygen atoms in total. The van der Waals surface area contributed by atoms with Crippen LogP contribution >= 0.6 is 34.2 Å². The number of rotatable bonds is 4. The molecule has 106 valence electrons. The molecule has 0 saturated heterocycles. The van der Waals surface area contributed by atoms with Crippen LogP contribution in [-0.2, 0) is 0 Å². The highest BCUT2D eigenvalue weighted by Gasteiger charge is 2.23. The van der Waals surface area contributed by atoms with Gasteiger partial charge < -0.3 is 14.7 Å². The first kappa shape index (κ1) is 16.5. The highest BCUT2D eigenvalue weighted by Crippen LogP contribution is 2.29. The largest absolute Gasteiger partial charge is 0.496 e. The van der Waals surface area contributed by atoms with E-state index < -0.39 is 5.60 Å². The highest BCUT2D eigenvalue weighted by atomic mass is 127. The van der Waals surface area contributed by atoms with Crippen LogP contribution in [0.25, 0.3) is 0 Å². The van der Waals surface area contributed by atoms with Crippen molar-refractivity contribution in [1.82, 2.24) is 4.90 Å². The van der Waals surface area contributed by atoms with Crippen molar-refractivity contribution in [2.45, 2.75) is 19.4 Å². The van der Waals surface area contributed by atoms with Crippen molar-refractivity contribution in [3.05, 3.63) is 26.3 Å². The second-order valence-corrected chi connectivity index (χ2v) is 6.51. The van der Waals surface area contributed by atoms with Gasteiger partial charge in [-0.05, 0) is 48.6 Å². The van der Waals surface area contributed by atoms with E-state index >= 15 is 0 Å². The van der Waals surface area contributed by atoms with Gasteiger partial charge in [0.15, 0.2) is 0 Å². The monoisotopic (exact) mass is 397 g/mol. The third kappa shape index (κ3) is 4.50. The Hall–Kier alpha value is -0.530. The number of aliphatic hydroxyl groups is 1. The summed E-state index contributed by atoms with van der Waals surface area (Å²) in [5.41, 5.74) is -0.565. The number of hydrogen-bond acceptors (Lipinski definition) is 3. The number of ether oxygens (including phenoxy) is 1. The van der Waals surface area contributed by atoms with Crippen molar-refractivity contribution in [2.75, 3.05) is 20.7 Å². The summed E-state index contributed by atoms with van der Waals surface area (Å²) < 4.78 is 6.03. The molecule has 0 aromatic heterocycles. The molecular formula is C13H17ClINO3. The number of likely N-dealkylation sites (N-methyl/N-ethyl adjacent to an activating group) is 1. The zero-order chi connectivity index (χ0) is 14.8. The number of halogens is 2. The van der Waals surface area contributed by atoms with Gasteiger partial charge >= 0.3 is 0 Å². The van der Waals surface area contributed by atoms with Crippen LogP contribution in [0.15, 0.2) is 12.1 Å². The standard InChI is InChI=1S/C13H17ClINO3/c1-13(2,18)7-16(3)12(17)8-5-9(14)10(15)6-11(8)19-4/h5-6,18H,7H2,1-4H3. The molecule has 0 aliphatic heterocycles. The molecular weight excluding hydrogens is 381 g/mol. The maximum Gasteiger partial charge on any atom is 0.257 e. The summed E-state index contributed by atoms with van der Waals surface area (Å²) in [6, 6.07) is 3.30. The zero-order valence-corrected chi connectivity index (χ0v) is 14.2. The molecule has 0 spiro atoms. The molecule has 0 heterocycles. The van der Waals surface area contributed by atoms with E-state index in [0.29, 0.717) is 16.3 Å². The summed E-state index contributed by atoms with van der Waals surface area (Å²) in [6.45, 7) is 3.52. The smallest absolute Gasteiger partial charge is 0.257 e. The fourth-order valence-electron chi connectivity index (χ4n) is 1.72. The van der Waals surface area contributed by atoms with Gasteiger partial charge in [-0.25, -0.2) is 0 Å². The number of hydrogen-bond donors (Lipinski definition) is 1. The van der Waals surface area contributed by atoms with Crippen molar-refractivity contribution in [2.24, 2.45) is 0 Å². The first-order valence-electron chi connectivity index (χ1n) is 5.66. The second-order valence-electron chi connectivity index (χ2n) is 4.94. The van der Waals surface area contributed by atoms with E-state index in [9.17, 15) is 9.90 Å². The maximum atomic E-state index is 12.3. The fraction of sp³-hybridized carbons (Fsp3) is 0.462. The number of carbonyl (C=O) groups is 1. The molecule has 19 heavy (non-hydrogen) atoms. The molecule has 0 fully saturated rings. The molecule has 0 aliphatic rings. The van der Waals surface area contributed by atoms with Crippen LogP contribution in [0.1, 0.15) is 24.2 Å².